The van der Waals surface area contributed by atoms with Crippen molar-refractivity contribution in [1.29, 1.82) is 0 Å². The van der Waals surface area contributed by atoms with Crippen LogP contribution >= 0.6 is 0 Å². The van der Waals surface area contributed by atoms with Gasteiger partial charge < -0.3 is 25.0 Å². The zero-order chi connectivity index (χ0) is 26.1. The van der Waals surface area contributed by atoms with E-state index in [1.165, 1.54) is 37.4 Å². The Morgan fingerprint density at radius 1 is 1.22 bits per heavy atom. The summed E-state index contributed by atoms with van der Waals surface area (Å²) in [4.78, 5) is 29.0. The molecule has 36 heavy (non-hydrogen) atoms. The Kier molecular flexibility index (Phi) is 6.72. The number of benzene rings is 1. The lowest BCUT2D eigenvalue weighted by molar-refractivity contribution is -0.138. The van der Waals surface area contributed by atoms with E-state index in [1.54, 1.807) is 6.92 Å². The second kappa shape index (κ2) is 9.61. The number of hydrogen-bond acceptors (Lipinski definition) is 7. The second-order valence-corrected chi connectivity index (χ2v) is 8.57. The maximum absolute atomic E-state index is 13.5. The summed E-state index contributed by atoms with van der Waals surface area (Å²) < 4.78 is 50.7. The standard InChI is InChI=1S/C24H23F3N4O5/c1-13-9-20(36-31-13)21(33)30-23(7-8-23)22(34)29-11-16-4-5-17(12-28-16)35-19-6-3-15(14(2)32)10-18(19)24(25,26)27/h3-6,9-10,12,14,32H,7-8,11H2,1-2H3,(H,29,34)(H,30,33). The Morgan fingerprint density at radius 3 is 2.53 bits per heavy atom. The van der Waals surface area contributed by atoms with Crippen molar-refractivity contribution < 1.29 is 37.1 Å². The maximum atomic E-state index is 13.5. The number of aliphatic hydroxyl groups is 1. The fourth-order valence-corrected chi connectivity index (χ4v) is 3.44. The van der Waals surface area contributed by atoms with Crippen LogP contribution < -0.4 is 15.4 Å². The molecule has 2 amide bonds. The third kappa shape index (κ3) is 5.65. The van der Waals surface area contributed by atoms with E-state index in [-0.39, 0.29) is 29.5 Å². The molecule has 2 heterocycles. The summed E-state index contributed by atoms with van der Waals surface area (Å²) in [6.07, 6.45) is -3.57. The molecule has 1 saturated carbocycles. The summed E-state index contributed by atoms with van der Waals surface area (Å²) >= 11 is 0. The number of aromatic nitrogens is 2. The smallest absolute Gasteiger partial charge is 0.419 e. The molecule has 190 valence electrons. The number of ether oxygens (including phenoxy) is 1. The molecule has 1 fully saturated rings. The largest absolute Gasteiger partial charge is 0.455 e. The van der Waals surface area contributed by atoms with Crippen LogP contribution in [0.5, 0.6) is 11.5 Å². The van der Waals surface area contributed by atoms with Gasteiger partial charge in [-0.25, -0.2) is 0 Å². The zero-order valence-corrected chi connectivity index (χ0v) is 19.3. The highest BCUT2D eigenvalue weighted by molar-refractivity contribution is 5.99. The molecule has 9 nitrogen and oxygen atoms in total. The molecule has 4 rings (SSSR count). The first-order chi connectivity index (χ1) is 17.0. The van der Waals surface area contributed by atoms with Crippen LogP contribution in [0.1, 0.15) is 58.9 Å². The van der Waals surface area contributed by atoms with Gasteiger partial charge in [0.25, 0.3) is 5.91 Å². The minimum Gasteiger partial charge on any atom is -0.455 e. The van der Waals surface area contributed by atoms with Gasteiger partial charge in [0.05, 0.1) is 35.8 Å². The van der Waals surface area contributed by atoms with Gasteiger partial charge in [0.1, 0.15) is 17.0 Å². The van der Waals surface area contributed by atoms with Crippen molar-refractivity contribution in [3.63, 3.8) is 0 Å². The van der Waals surface area contributed by atoms with E-state index in [1.807, 2.05) is 0 Å². The molecule has 0 spiro atoms. The molecule has 1 atom stereocenters. The average molecular weight is 504 g/mol. The minimum atomic E-state index is -4.68. The number of nitrogens with one attached hydrogen (secondary N) is 2. The molecule has 3 N–H and O–H groups in total. The van der Waals surface area contributed by atoms with Crippen molar-refractivity contribution in [1.82, 2.24) is 20.8 Å². The van der Waals surface area contributed by atoms with Gasteiger partial charge in [-0.15, -0.1) is 0 Å². The average Bonchev–Trinajstić information content (AvgIpc) is 3.48. The number of amides is 2. The molecule has 1 aromatic carbocycles. The van der Waals surface area contributed by atoms with E-state index in [9.17, 15) is 27.9 Å². The lowest BCUT2D eigenvalue weighted by Crippen LogP contribution is -2.48. The van der Waals surface area contributed by atoms with Crippen molar-refractivity contribution in [2.24, 2.45) is 0 Å². The van der Waals surface area contributed by atoms with Crippen LogP contribution in [-0.2, 0) is 17.5 Å². The van der Waals surface area contributed by atoms with E-state index in [0.717, 1.165) is 12.1 Å². The molecule has 0 radical (unpaired) electrons. The topological polar surface area (TPSA) is 127 Å². The zero-order valence-electron chi connectivity index (χ0n) is 19.3. The number of aliphatic hydroxyl groups excluding tert-OH is 1. The van der Waals surface area contributed by atoms with E-state index in [2.05, 4.69) is 20.8 Å². The van der Waals surface area contributed by atoms with Crippen molar-refractivity contribution in [2.45, 2.75) is 51.1 Å². The third-order valence-electron chi connectivity index (χ3n) is 5.64. The van der Waals surface area contributed by atoms with Gasteiger partial charge >= 0.3 is 6.18 Å². The third-order valence-corrected chi connectivity index (χ3v) is 5.64. The number of carbonyl (C=O) groups excluding carboxylic acids is 2. The summed E-state index contributed by atoms with van der Waals surface area (Å²) in [6.45, 7) is 3.08. The molecular formula is C24H23F3N4O5. The fourth-order valence-electron chi connectivity index (χ4n) is 3.44. The van der Waals surface area contributed by atoms with E-state index in [0.29, 0.717) is 24.2 Å². The molecule has 3 aromatic rings. The van der Waals surface area contributed by atoms with Crippen LogP contribution in [0.25, 0.3) is 0 Å². The number of alkyl halides is 3. The van der Waals surface area contributed by atoms with Gasteiger partial charge in [0, 0.05) is 6.07 Å². The van der Waals surface area contributed by atoms with E-state index < -0.39 is 35.0 Å². The minimum absolute atomic E-state index is 0.0121. The van der Waals surface area contributed by atoms with Gasteiger partial charge in [-0.3, -0.25) is 14.6 Å². The van der Waals surface area contributed by atoms with Gasteiger partial charge in [-0.1, -0.05) is 11.2 Å². The molecule has 2 aromatic heterocycles. The number of hydrogen-bond donors (Lipinski definition) is 3. The Hall–Kier alpha value is -3.93. The summed E-state index contributed by atoms with van der Waals surface area (Å²) in [5.74, 6) is -1.28. The summed E-state index contributed by atoms with van der Waals surface area (Å²) in [5.41, 5.74) is -0.968. The van der Waals surface area contributed by atoms with Crippen molar-refractivity contribution in [3.8, 4) is 11.5 Å². The highest BCUT2D eigenvalue weighted by atomic mass is 19.4. The Bertz CT molecular complexity index is 1270. The van der Waals surface area contributed by atoms with Crippen LogP contribution in [0.3, 0.4) is 0 Å². The quantitative estimate of drug-likeness (QED) is 0.426. The Balaban J connectivity index is 1.36. The number of aryl methyl sites for hydroxylation is 1. The number of rotatable bonds is 8. The SMILES string of the molecule is Cc1cc(C(=O)NC2(C(=O)NCc3ccc(Oc4ccc(C(C)O)cc4C(F)(F)F)cn3)CC2)on1. The lowest BCUT2D eigenvalue weighted by atomic mass is 10.1. The lowest BCUT2D eigenvalue weighted by Gasteiger charge is -2.17. The van der Waals surface area contributed by atoms with Gasteiger partial charge in [0.2, 0.25) is 11.7 Å². The fraction of sp³-hybridized carbons (Fsp3) is 0.333. The first-order valence-electron chi connectivity index (χ1n) is 11.0. The normalized spacial score (nSPS) is 15.2. The number of pyridine rings is 1. The van der Waals surface area contributed by atoms with Crippen molar-refractivity contribution in [2.75, 3.05) is 0 Å². The molecular weight excluding hydrogens is 481 g/mol. The van der Waals surface area contributed by atoms with Crippen molar-refractivity contribution >= 4 is 11.8 Å². The highest BCUT2D eigenvalue weighted by Crippen LogP contribution is 2.39. The van der Waals surface area contributed by atoms with E-state index >= 15 is 0 Å². The molecule has 1 aliphatic carbocycles. The molecule has 0 saturated heterocycles. The summed E-state index contributed by atoms with van der Waals surface area (Å²) in [5, 5.41) is 18.6. The first kappa shape index (κ1) is 25.2. The van der Waals surface area contributed by atoms with Crippen LogP contribution in [-0.4, -0.2) is 32.6 Å². The first-order valence-corrected chi connectivity index (χ1v) is 11.0. The molecule has 12 heteroatoms. The summed E-state index contributed by atoms with van der Waals surface area (Å²) in [7, 11) is 0. The number of carbonyl (C=O) groups is 2. The maximum Gasteiger partial charge on any atom is 0.419 e. The predicted molar refractivity (Wildman–Crippen MR) is 119 cm³/mol. The highest BCUT2D eigenvalue weighted by Gasteiger charge is 2.51. The van der Waals surface area contributed by atoms with E-state index in [4.69, 9.17) is 9.26 Å². The monoisotopic (exact) mass is 504 g/mol. The summed E-state index contributed by atoms with van der Waals surface area (Å²) in [6, 6.07) is 7.73. The number of nitrogens with zero attached hydrogens (tertiary/aromatic N) is 2. The van der Waals surface area contributed by atoms with Crippen LogP contribution in [0, 0.1) is 6.92 Å². The van der Waals surface area contributed by atoms with Crippen molar-refractivity contribution in [3.05, 3.63) is 70.9 Å². The van der Waals surface area contributed by atoms with Crippen LogP contribution in [0.4, 0.5) is 13.2 Å². The Labute approximate surface area is 203 Å². The molecule has 1 aliphatic rings. The molecule has 0 bridgehead atoms. The molecule has 0 aliphatic heterocycles. The van der Waals surface area contributed by atoms with Crippen LogP contribution in [0.2, 0.25) is 0 Å². The second-order valence-electron chi connectivity index (χ2n) is 8.57. The van der Waals surface area contributed by atoms with Gasteiger partial charge in [-0.2, -0.15) is 13.2 Å². The number of halogens is 3. The van der Waals surface area contributed by atoms with Crippen LogP contribution in [0.15, 0.2) is 47.1 Å². The van der Waals surface area contributed by atoms with Gasteiger partial charge in [-0.05, 0) is 56.5 Å². The predicted octanol–water partition coefficient (Wildman–Crippen LogP) is 3.82. The Morgan fingerprint density at radius 2 is 1.97 bits per heavy atom. The van der Waals surface area contributed by atoms with Gasteiger partial charge in [0.15, 0.2) is 0 Å². The molecule has 1 unspecified atom stereocenters.